The van der Waals surface area contributed by atoms with E-state index in [4.69, 9.17) is 19.2 Å². The van der Waals surface area contributed by atoms with Crippen LogP contribution < -0.4 is 4.74 Å². The van der Waals surface area contributed by atoms with E-state index in [9.17, 15) is 9.59 Å². The molecule has 0 aliphatic carbocycles. The molecule has 1 atom stereocenters. The summed E-state index contributed by atoms with van der Waals surface area (Å²) in [6.07, 6.45) is 2.31. The van der Waals surface area contributed by atoms with Crippen LogP contribution in [0.3, 0.4) is 0 Å². The van der Waals surface area contributed by atoms with Gasteiger partial charge in [0, 0.05) is 25.9 Å². The third kappa shape index (κ3) is 5.63. The van der Waals surface area contributed by atoms with Gasteiger partial charge in [-0.05, 0) is 55.0 Å². The van der Waals surface area contributed by atoms with Crippen LogP contribution >= 0.6 is 11.8 Å². The van der Waals surface area contributed by atoms with Crippen LogP contribution in [0.5, 0.6) is 11.5 Å². The molecule has 0 radical (unpaired) electrons. The van der Waals surface area contributed by atoms with Crippen molar-refractivity contribution in [2.24, 2.45) is 4.99 Å². The number of fused-ring (bicyclic) bond motifs is 1. The van der Waals surface area contributed by atoms with Crippen LogP contribution in [0.4, 0.5) is 0 Å². The van der Waals surface area contributed by atoms with Gasteiger partial charge in [0.1, 0.15) is 18.1 Å². The van der Waals surface area contributed by atoms with Crippen molar-refractivity contribution in [3.8, 4) is 11.5 Å². The molecule has 8 nitrogen and oxygen atoms in total. The molecule has 0 spiro atoms. The molecule has 3 aliphatic rings. The molecule has 0 aromatic heterocycles. The number of benzene rings is 2. The Hall–Kier alpha value is -3.56. The van der Waals surface area contributed by atoms with Gasteiger partial charge in [-0.2, -0.15) is 0 Å². The van der Waals surface area contributed by atoms with Gasteiger partial charge < -0.3 is 24.0 Å². The first kappa shape index (κ1) is 26.1. The maximum absolute atomic E-state index is 13.4. The first-order chi connectivity index (χ1) is 18.5. The molecule has 3 heterocycles. The first-order valence-electron chi connectivity index (χ1n) is 12.8. The zero-order valence-corrected chi connectivity index (χ0v) is 22.4. The number of nitrogens with zero attached hydrogens (tertiary/aromatic N) is 3. The maximum atomic E-state index is 13.4. The average molecular weight is 534 g/mol. The van der Waals surface area contributed by atoms with Crippen LogP contribution in [0.2, 0.25) is 0 Å². The van der Waals surface area contributed by atoms with Crippen molar-refractivity contribution < 1.29 is 23.8 Å². The van der Waals surface area contributed by atoms with Crippen LogP contribution in [0, 0.1) is 0 Å². The Morgan fingerprint density at radius 2 is 1.79 bits per heavy atom. The van der Waals surface area contributed by atoms with E-state index in [2.05, 4.69) is 0 Å². The lowest BCUT2D eigenvalue weighted by Crippen LogP contribution is -2.38. The second kappa shape index (κ2) is 11.9. The smallest absolute Gasteiger partial charge is 0.338 e. The third-order valence-corrected chi connectivity index (χ3v) is 7.57. The SMILES string of the molecule is COCCOC(=O)C1=C(C)N=C2SC=C(CC(=O)N3CCCC3)N2[C@@H]1c1cccc(Oc2ccccc2)c1. The van der Waals surface area contributed by atoms with Crippen LogP contribution in [0.1, 0.15) is 37.8 Å². The number of aliphatic imine (C=N–C) groups is 1. The molecule has 0 unspecified atom stereocenters. The molecule has 9 heteroatoms. The van der Waals surface area contributed by atoms with Gasteiger partial charge in [0.15, 0.2) is 5.17 Å². The highest BCUT2D eigenvalue weighted by molar-refractivity contribution is 8.16. The Kier molecular flexibility index (Phi) is 8.14. The van der Waals surface area contributed by atoms with Crippen molar-refractivity contribution >= 4 is 28.8 Å². The number of thioether (sulfide) groups is 1. The standard InChI is InChI=1S/C29H31N3O5S/c1-20-26(28(34)36-16-15-35-2)27(21-9-8-12-24(17-21)37-23-10-4-3-5-11-23)32-22(19-38-29(32)30-20)18-25(33)31-13-6-7-14-31/h3-5,8-12,17,19,27H,6-7,13-16,18H2,1-2H3/t27-/m1/s1. The quantitative estimate of drug-likeness (QED) is 0.321. The summed E-state index contributed by atoms with van der Waals surface area (Å²) in [4.78, 5) is 35.2. The third-order valence-electron chi connectivity index (χ3n) is 6.69. The second-order valence-corrected chi connectivity index (χ2v) is 10.1. The zero-order valence-electron chi connectivity index (χ0n) is 21.6. The fourth-order valence-electron chi connectivity index (χ4n) is 4.85. The van der Waals surface area contributed by atoms with E-state index in [0.717, 1.165) is 48.1 Å². The van der Waals surface area contributed by atoms with E-state index in [1.54, 1.807) is 7.11 Å². The summed E-state index contributed by atoms with van der Waals surface area (Å²) in [5.41, 5.74) is 2.68. The van der Waals surface area contributed by atoms with Crippen molar-refractivity contribution in [2.45, 2.75) is 32.2 Å². The lowest BCUT2D eigenvalue weighted by Gasteiger charge is -2.36. The van der Waals surface area contributed by atoms with E-state index in [1.165, 1.54) is 11.8 Å². The minimum Gasteiger partial charge on any atom is -0.460 e. The number of carbonyl (C=O) groups excluding carboxylic acids is 2. The Balaban J connectivity index is 1.49. The number of esters is 1. The van der Waals surface area contributed by atoms with Crippen molar-refractivity contribution in [1.82, 2.24) is 9.80 Å². The second-order valence-electron chi connectivity index (χ2n) is 9.27. The number of carbonyl (C=O) groups is 2. The molecule has 2 aromatic carbocycles. The van der Waals surface area contributed by atoms with Crippen LogP contribution in [0.25, 0.3) is 0 Å². The molecule has 198 valence electrons. The van der Waals surface area contributed by atoms with Gasteiger partial charge >= 0.3 is 5.97 Å². The fourth-order valence-corrected chi connectivity index (χ4v) is 5.81. The van der Waals surface area contributed by atoms with Gasteiger partial charge in [0.25, 0.3) is 0 Å². The Morgan fingerprint density at radius 3 is 2.55 bits per heavy atom. The number of rotatable bonds is 9. The van der Waals surface area contributed by atoms with Gasteiger partial charge in [-0.3, -0.25) is 4.79 Å². The molecule has 1 amide bonds. The summed E-state index contributed by atoms with van der Waals surface area (Å²) < 4.78 is 16.7. The molecule has 2 aromatic rings. The van der Waals surface area contributed by atoms with Crippen molar-refractivity contribution in [3.63, 3.8) is 0 Å². The minimum atomic E-state index is -0.524. The molecule has 0 saturated carbocycles. The van der Waals surface area contributed by atoms with Gasteiger partial charge in [-0.1, -0.05) is 42.1 Å². The van der Waals surface area contributed by atoms with Gasteiger partial charge in [-0.15, -0.1) is 0 Å². The van der Waals surface area contributed by atoms with E-state index in [1.807, 2.05) is 76.7 Å². The lowest BCUT2D eigenvalue weighted by atomic mass is 9.93. The minimum absolute atomic E-state index is 0.0889. The normalized spacial score (nSPS) is 18.7. The molecule has 1 fully saturated rings. The lowest BCUT2D eigenvalue weighted by molar-refractivity contribution is -0.141. The monoisotopic (exact) mass is 533 g/mol. The Labute approximate surface area is 226 Å². The molecular weight excluding hydrogens is 502 g/mol. The summed E-state index contributed by atoms with van der Waals surface area (Å²) in [6.45, 7) is 3.84. The predicted octanol–water partition coefficient (Wildman–Crippen LogP) is 5.26. The largest absolute Gasteiger partial charge is 0.460 e. The topological polar surface area (TPSA) is 80.7 Å². The van der Waals surface area contributed by atoms with Gasteiger partial charge in [0.05, 0.1) is 30.3 Å². The van der Waals surface area contributed by atoms with Crippen molar-refractivity contribution in [1.29, 1.82) is 0 Å². The number of allylic oxidation sites excluding steroid dienone is 1. The molecule has 0 bridgehead atoms. The van der Waals surface area contributed by atoms with Crippen molar-refractivity contribution in [3.05, 3.63) is 82.5 Å². The highest BCUT2D eigenvalue weighted by Gasteiger charge is 2.41. The zero-order chi connectivity index (χ0) is 26.5. The van der Waals surface area contributed by atoms with E-state index >= 15 is 0 Å². The highest BCUT2D eigenvalue weighted by atomic mass is 32.2. The molecule has 3 aliphatic heterocycles. The number of ether oxygens (including phenoxy) is 3. The summed E-state index contributed by atoms with van der Waals surface area (Å²) in [5.74, 6) is 0.998. The van der Waals surface area contributed by atoms with Gasteiger partial charge in [-0.25, -0.2) is 9.79 Å². The fraction of sp³-hybridized carbons (Fsp3) is 0.345. The number of likely N-dealkylation sites (tertiary alicyclic amines) is 1. The summed E-state index contributed by atoms with van der Waals surface area (Å²) in [6, 6.07) is 16.7. The van der Waals surface area contributed by atoms with Crippen LogP contribution in [-0.2, 0) is 19.1 Å². The number of hydrogen-bond donors (Lipinski definition) is 0. The van der Waals surface area contributed by atoms with Crippen LogP contribution in [-0.4, -0.2) is 60.3 Å². The number of amides is 1. The predicted molar refractivity (Wildman–Crippen MR) is 147 cm³/mol. The molecule has 0 N–H and O–H groups in total. The van der Waals surface area contributed by atoms with Crippen molar-refractivity contribution in [2.75, 3.05) is 33.4 Å². The van der Waals surface area contributed by atoms with Crippen LogP contribution in [0.15, 0.2) is 82.0 Å². The molecular formula is C29H31N3O5S. The van der Waals surface area contributed by atoms with Gasteiger partial charge in [0.2, 0.25) is 5.91 Å². The molecule has 1 saturated heterocycles. The van der Waals surface area contributed by atoms with E-state index < -0.39 is 12.0 Å². The summed E-state index contributed by atoms with van der Waals surface area (Å²) in [5, 5.41) is 2.70. The summed E-state index contributed by atoms with van der Waals surface area (Å²) >= 11 is 1.47. The number of para-hydroxylation sites is 1. The Morgan fingerprint density at radius 1 is 1.03 bits per heavy atom. The molecule has 38 heavy (non-hydrogen) atoms. The first-order valence-corrected chi connectivity index (χ1v) is 13.6. The maximum Gasteiger partial charge on any atom is 0.338 e. The Bertz CT molecular complexity index is 1280. The summed E-state index contributed by atoms with van der Waals surface area (Å²) in [7, 11) is 1.56. The van der Waals surface area contributed by atoms with E-state index in [-0.39, 0.29) is 18.9 Å². The number of amidine groups is 1. The van der Waals surface area contributed by atoms with E-state index in [0.29, 0.717) is 23.6 Å². The highest BCUT2D eigenvalue weighted by Crippen LogP contribution is 2.45. The number of methoxy groups -OCH3 is 1. The number of hydrogen-bond acceptors (Lipinski definition) is 8. The average Bonchev–Trinajstić information content (AvgIpc) is 3.59. The molecule has 5 rings (SSSR count).